The minimum absolute atomic E-state index is 0.0537. The van der Waals surface area contributed by atoms with E-state index in [2.05, 4.69) is 15.3 Å². The van der Waals surface area contributed by atoms with Gasteiger partial charge in [-0.3, -0.25) is 0 Å². The van der Waals surface area contributed by atoms with Crippen molar-refractivity contribution in [2.75, 3.05) is 36.2 Å². The zero-order chi connectivity index (χ0) is 14.4. The van der Waals surface area contributed by atoms with E-state index in [-0.39, 0.29) is 22.9 Å². The Hall–Kier alpha value is -0.860. The van der Waals surface area contributed by atoms with Crippen molar-refractivity contribution in [1.29, 1.82) is 0 Å². The number of aromatic nitrogens is 2. The normalized spacial score (nSPS) is 24.6. The van der Waals surface area contributed by atoms with Crippen molar-refractivity contribution in [1.82, 2.24) is 9.97 Å². The summed E-state index contributed by atoms with van der Waals surface area (Å²) in [4.78, 5) is 8.14. The topological polar surface area (TPSA) is 81.2 Å². The van der Waals surface area contributed by atoms with Crippen molar-refractivity contribution in [3.05, 3.63) is 18.5 Å². The van der Waals surface area contributed by atoms with Crippen LogP contribution in [0.3, 0.4) is 0 Å². The van der Waals surface area contributed by atoms with Crippen LogP contribution >= 0.6 is 11.8 Å². The van der Waals surface area contributed by atoms with E-state index in [0.717, 1.165) is 18.7 Å². The quantitative estimate of drug-likeness (QED) is 0.746. The zero-order valence-electron chi connectivity index (χ0n) is 11.4. The summed E-state index contributed by atoms with van der Waals surface area (Å²) in [7, 11) is -1.35. The van der Waals surface area contributed by atoms with Crippen LogP contribution in [0, 0.1) is 0 Å². The number of nitrogens with zero attached hydrogens (tertiary/aromatic N) is 2. The van der Waals surface area contributed by atoms with Gasteiger partial charge in [-0.05, 0) is 18.2 Å². The van der Waals surface area contributed by atoms with Gasteiger partial charge in [-0.15, -0.1) is 0 Å². The van der Waals surface area contributed by atoms with Crippen molar-refractivity contribution in [2.24, 2.45) is 0 Å². The zero-order valence-corrected chi connectivity index (χ0v) is 13.0. The molecular weight excluding hydrogens is 298 g/mol. The monoisotopic (exact) mass is 317 g/mol. The summed E-state index contributed by atoms with van der Waals surface area (Å²) in [6, 6.07) is 1.77. The second kappa shape index (κ2) is 7.24. The number of anilines is 1. The van der Waals surface area contributed by atoms with Crippen LogP contribution in [0.4, 0.5) is 5.95 Å². The highest BCUT2D eigenvalue weighted by molar-refractivity contribution is 8.01. The Morgan fingerprint density at radius 1 is 1.40 bits per heavy atom. The van der Waals surface area contributed by atoms with Crippen LogP contribution in [-0.2, 0) is 14.6 Å². The molecule has 1 saturated heterocycles. The van der Waals surface area contributed by atoms with Crippen LogP contribution in [-0.4, -0.2) is 60.7 Å². The van der Waals surface area contributed by atoms with Gasteiger partial charge in [-0.25, -0.2) is 18.4 Å². The van der Waals surface area contributed by atoms with E-state index >= 15 is 0 Å². The Balaban J connectivity index is 1.66. The SMILES string of the molecule is CO[C@@H]1CS(=O)(=O)C[C@H]1SCCCNc1ncccn1. The third kappa shape index (κ3) is 4.60. The van der Waals surface area contributed by atoms with E-state index in [9.17, 15) is 8.42 Å². The maximum absolute atomic E-state index is 11.6. The first kappa shape index (κ1) is 15.5. The van der Waals surface area contributed by atoms with Gasteiger partial charge in [0.25, 0.3) is 0 Å². The van der Waals surface area contributed by atoms with Crippen molar-refractivity contribution >= 4 is 27.5 Å². The van der Waals surface area contributed by atoms with Gasteiger partial charge in [0, 0.05) is 31.3 Å². The van der Waals surface area contributed by atoms with Gasteiger partial charge >= 0.3 is 0 Å². The molecule has 1 aliphatic heterocycles. The Labute approximate surface area is 123 Å². The summed E-state index contributed by atoms with van der Waals surface area (Å²) in [5.74, 6) is 1.89. The van der Waals surface area contributed by atoms with E-state index in [0.29, 0.717) is 5.95 Å². The lowest BCUT2D eigenvalue weighted by molar-refractivity contribution is 0.128. The number of hydrogen-bond acceptors (Lipinski definition) is 7. The predicted octanol–water partition coefficient (Wildman–Crippen LogP) is 0.824. The van der Waals surface area contributed by atoms with Crippen LogP contribution in [0.25, 0.3) is 0 Å². The molecule has 0 amide bonds. The number of sulfone groups is 1. The van der Waals surface area contributed by atoms with Gasteiger partial charge in [0.05, 0.1) is 17.6 Å². The number of rotatable bonds is 7. The van der Waals surface area contributed by atoms with Crippen LogP contribution in [0.2, 0.25) is 0 Å². The molecule has 1 N–H and O–H groups in total. The molecule has 8 heteroatoms. The molecule has 2 heterocycles. The van der Waals surface area contributed by atoms with Crippen molar-refractivity contribution in [3.8, 4) is 0 Å². The molecule has 0 aliphatic carbocycles. The maximum atomic E-state index is 11.6. The standard InChI is InChI=1S/C12H19N3O3S2/c1-18-10-8-20(16,17)9-11(10)19-7-3-6-15-12-13-4-2-5-14-12/h2,4-5,10-11H,3,6-9H2,1H3,(H,13,14,15)/t10-,11-/m1/s1. The predicted molar refractivity (Wildman–Crippen MR) is 80.8 cm³/mol. The molecule has 0 bridgehead atoms. The summed E-state index contributed by atoms with van der Waals surface area (Å²) in [6.07, 6.45) is 4.14. The lowest BCUT2D eigenvalue weighted by atomic mass is 10.3. The average Bonchev–Trinajstić information content (AvgIpc) is 2.74. The van der Waals surface area contributed by atoms with Crippen LogP contribution in [0.15, 0.2) is 18.5 Å². The molecule has 20 heavy (non-hydrogen) atoms. The van der Waals surface area contributed by atoms with Gasteiger partial charge in [0.1, 0.15) is 0 Å². The van der Waals surface area contributed by atoms with Crippen molar-refractivity contribution in [2.45, 2.75) is 17.8 Å². The molecule has 0 unspecified atom stereocenters. The molecule has 112 valence electrons. The molecule has 0 radical (unpaired) electrons. The number of hydrogen-bond donors (Lipinski definition) is 1. The number of ether oxygens (including phenoxy) is 1. The molecule has 6 nitrogen and oxygen atoms in total. The smallest absolute Gasteiger partial charge is 0.222 e. The highest BCUT2D eigenvalue weighted by Crippen LogP contribution is 2.27. The first-order valence-corrected chi connectivity index (χ1v) is 9.33. The lowest BCUT2D eigenvalue weighted by Gasteiger charge is -2.15. The molecule has 0 aromatic carbocycles. The van der Waals surface area contributed by atoms with Gasteiger partial charge < -0.3 is 10.1 Å². The van der Waals surface area contributed by atoms with E-state index in [4.69, 9.17) is 4.74 Å². The molecule has 1 aliphatic rings. The van der Waals surface area contributed by atoms with E-state index in [1.807, 2.05) is 0 Å². The molecule has 1 fully saturated rings. The van der Waals surface area contributed by atoms with Gasteiger partial charge in [-0.2, -0.15) is 11.8 Å². The summed E-state index contributed by atoms with van der Waals surface area (Å²) >= 11 is 1.67. The second-order valence-corrected chi connectivity index (χ2v) is 8.11. The Kier molecular flexibility index (Phi) is 5.62. The minimum atomic E-state index is -2.92. The first-order chi connectivity index (χ1) is 9.61. The molecule has 1 aromatic rings. The fourth-order valence-corrected chi connectivity index (χ4v) is 5.94. The van der Waals surface area contributed by atoms with Gasteiger partial charge in [-0.1, -0.05) is 0 Å². The summed E-state index contributed by atoms with van der Waals surface area (Å²) in [5, 5.41) is 3.18. The van der Waals surface area contributed by atoms with Crippen molar-refractivity contribution in [3.63, 3.8) is 0 Å². The van der Waals surface area contributed by atoms with Crippen LogP contribution in [0.5, 0.6) is 0 Å². The largest absolute Gasteiger partial charge is 0.379 e. The fourth-order valence-electron chi connectivity index (χ4n) is 2.06. The fraction of sp³-hybridized carbons (Fsp3) is 0.667. The van der Waals surface area contributed by atoms with E-state index in [1.165, 1.54) is 0 Å². The third-order valence-corrected chi connectivity index (χ3v) is 6.39. The Morgan fingerprint density at radius 2 is 2.15 bits per heavy atom. The van der Waals surface area contributed by atoms with Crippen LogP contribution < -0.4 is 5.32 Å². The van der Waals surface area contributed by atoms with E-state index < -0.39 is 9.84 Å². The molecule has 2 rings (SSSR count). The maximum Gasteiger partial charge on any atom is 0.222 e. The molecule has 0 saturated carbocycles. The highest BCUT2D eigenvalue weighted by atomic mass is 32.2. The summed E-state index contributed by atoms with van der Waals surface area (Å²) in [6.45, 7) is 0.772. The average molecular weight is 317 g/mol. The Bertz CT molecular complexity index is 510. The Morgan fingerprint density at radius 3 is 2.85 bits per heavy atom. The molecule has 2 atom stereocenters. The van der Waals surface area contributed by atoms with Crippen molar-refractivity contribution < 1.29 is 13.2 Å². The van der Waals surface area contributed by atoms with Gasteiger partial charge in [0.2, 0.25) is 5.95 Å². The minimum Gasteiger partial charge on any atom is -0.379 e. The molecule has 1 aromatic heterocycles. The first-order valence-electron chi connectivity index (χ1n) is 6.46. The summed E-state index contributed by atoms with van der Waals surface area (Å²) < 4.78 is 28.4. The molecule has 0 spiro atoms. The number of thioether (sulfide) groups is 1. The second-order valence-electron chi connectivity index (χ2n) is 4.61. The van der Waals surface area contributed by atoms with Crippen LogP contribution in [0.1, 0.15) is 6.42 Å². The number of nitrogens with one attached hydrogen (secondary N) is 1. The van der Waals surface area contributed by atoms with Gasteiger partial charge in [0.15, 0.2) is 9.84 Å². The lowest BCUT2D eigenvalue weighted by Crippen LogP contribution is -2.23. The summed E-state index contributed by atoms with van der Waals surface area (Å²) in [5.41, 5.74) is 0. The van der Waals surface area contributed by atoms with E-state index in [1.54, 1.807) is 37.3 Å². The third-order valence-electron chi connectivity index (χ3n) is 3.06. The number of methoxy groups -OCH3 is 1. The highest BCUT2D eigenvalue weighted by Gasteiger charge is 2.37. The molecular formula is C12H19N3O3S2.